The quantitative estimate of drug-likeness (QED) is 0.183. The Bertz CT molecular complexity index is 1860. The molecule has 0 amide bonds. The number of nitrogens with zero attached hydrogens (tertiary/aromatic N) is 4. The molecule has 220 valence electrons. The standard InChI is InChI=1S/C41H30N4O/c1-5-15-31(16-6-1)43(32-17-7-2-8-18-32)35-24-26-37-39(29-35)46-40-30-36(25-27-38(40)45(37)41-23-13-14-28-42-41)44(33-19-9-3-10-20-33)34-21-11-4-12-22-34/h1-30H. The van der Waals surface area contributed by atoms with Crippen LogP contribution < -0.4 is 19.4 Å². The molecule has 0 saturated heterocycles. The van der Waals surface area contributed by atoms with Gasteiger partial charge < -0.3 is 14.5 Å². The fraction of sp³-hybridized carbons (Fsp3) is 0. The van der Waals surface area contributed by atoms with Crippen LogP contribution in [-0.2, 0) is 0 Å². The van der Waals surface area contributed by atoms with Gasteiger partial charge in [0.05, 0.1) is 11.4 Å². The van der Waals surface area contributed by atoms with Crippen LogP contribution in [0.3, 0.4) is 0 Å². The molecule has 1 aromatic heterocycles. The van der Waals surface area contributed by atoms with Crippen LogP contribution in [0.2, 0.25) is 0 Å². The number of para-hydroxylation sites is 4. The summed E-state index contributed by atoms with van der Waals surface area (Å²) < 4.78 is 6.83. The Kier molecular flexibility index (Phi) is 7.09. The van der Waals surface area contributed by atoms with Crippen molar-refractivity contribution in [2.24, 2.45) is 0 Å². The van der Waals surface area contributed by atoms with Crippen molar-refractivity contribution in [2.75, 3.05) is 14.7 Å². The second-order valence-electron chi connectivity index (χ2n) is 10.9. The Hall–Kier alpha value is -6.33. The van der Waals surface area contributed by atoms with Crippen LogP contribution >= 0.6 is 0 Å². The summed E-state index contributed by atoms with van der Waals surface area (Å²) in [5, 5.41) is 0. The van der Waals surface area contributed by atoms with Gasteiger partial charge in [-0.1, -0.05) is 78.9 Å². The third-order valence-electron chi connectivity index (χ3n) is 8.04. The molecule has 0 unspecified atom stereocenters. The van der Waals surface area contributed by atoms with Crippen molar-refractivity contribution < 1.29 is 4.74 Å². The van der Waals surface area contributed by atoms with Gasteiger partial charge in [-0.15, -0.1) is 0 Å². The van der Waals surface area contributed by atoms with Gasteiger partial charge in [-0.05, 0) is 84.9 Å². The normalized spacial score (nSPS) is 11.6. The molecule has 5 nitrogen and oxygen atoms in total. The van der Waals surface area contributed by atoms with Crippen LogP contribution in [0.25, 0.3) is 0 Å². The van der Waals surface area contributed by atoms with Crippen molar-refractivity contribution in [1.29, 1.82) is 0 Å². The number of hydrogen-bond donors (Lipinski definition) is 0. The van der Waals surface area contributed by atoms with Gasteiger partial charge >= 0.3 is 0 Å². The molecule has 5 heteroatoms. The molecule has 0 fully saturated rings. The first kappa shape index (κ1) is 27.2. The SMILES string of the molecule is c1ccc(N(c2ccccc2)c2ccc3c(c2)Oc2cc(N(c4ccccc4)c4ccccc4)ccc2N3c2ccccn2)cc1. The number of ether oxygens (including phenoxy) is 1. The molecule has 2 heterocycles. The van der Waals surface area contributed by atoms with Crippen molar-refractivity contribution in [3.8, 4) is 11.5 Å². The van der Waals surface area contributed by atoms with Gasteiger partial charge in [0, 0.05) is 52.5 Å². The smallest absolute Gasteiger partial charge is 0.153 e. The van der Waals surface area contributed by atoms with Crippen LogP contribution in [0.4, 0.5) is 51.3 Å². The Labute approximate surface area is 268 Å². The van der Waals surface area contributed by atoms with E-state index in [0.29, 0.717) is 0 Å². The zero-order valence-corrected chi connectivity index (χ0v) is 25.0. The van der Waals surface area contributed by atoms with Gasteiger partial charge in [0.2, 0.25) is 0 Å². The maximum Gasteiger partial charge on any atom is 0.153 e. The molecule has 46 heavy (non-hydrogen) atoms. The maximum absolute atomic E-state index is 6.83. The highest BCUT2D eigenvalue weighted by atomic mass is 16.5. The van der Waals surface area contributed by atoms with E-state index in [1.807, 2.05) is 48.7 Å². The predicted octanol–water partition coefficient (Wildman–Crippen LogP) is 11.6. The fourth-order valence-corrected chi connectivity index (χ4v) is 6.00. The molecule has 0 saturated carbocycles. The monoisotopic (exact) mass is 594 g/mol. The van der Waals surface area contributed by atoms with Crippen LogP contribution in [0.5, 0.6) is 11.5 Å². The van der Waals surface area contributed by atoms with Crippen molar-refractivity contribution in [2.45, 2.75) is 0 Å². The van der Waals surface area contributed by atoms with E-state index in [0.717, 1.165) is 62.8 Å². The average Bonchev–Trinajstić information content (AvgIpc) is 3.13. The van der Waals surface area contributed by atoms with Crippen LogP contribution in [-0.4, -0.2) is 4.98 Å². The van der Waals surface area contributed by atoms with Crippen molar-refractivity contribution >= 4 is 51.3 Å². The molecule has 7 aromatic rings. The predicted molar refractivity (Wildman–Crippen MR) is 188 cm³/mol. The molecule has 0 atom stereocenters. The first-order chi connectivity index (χ1) is 22.8. The minimum atomic E-state index is 0.746. The van der Waals surface area contributed by atoms with Crippen molar-refractivity contribution in [3.05, 3.63) is 182 Å². The highest BCUT2D eigenvalue weighted by Gasteiger charge is 2.29. The number of hydrogen-bond acceptors (Lipinski definition) is 5. The van der Waals surface area contributed by atoms with Gasteiger partial charge in [-0.25, -0.2) is 4.98 Å². The second-order valence-corrected chi connectivity index (χ2v) is 10.9. The fourth-order valence-electron chi connectivity index (χ4n) is 6.00. The van der Waals surface area contributed by atoms with Crippen molar-refractivity contribution in [3.63, 3.8) is 0 Å². The third kappa shape index (κ3) is 5.10. The average molecular weight is 595 g/mol. The van der Waals surface area contributed by atoms with Crippen LogP contribution in [0, 0.1) is 0 Å². The molecule has 8 rings (SSSR count). The molecule has 0 spiro atoms. The number of aromatic nitrogens is 1. The zero-order chi connectivity index (χ0) is 30.7. The highest BCUT2D eigenvalue weighted by Crippen LogP contribution is 2.53. The molecule has 0 aliphatic carbocycles. The summed E-state index contributed by atoms with van der Waals surface area (Å²) in [6.45, 7) is 0. The van der Waals surface area contributed by atoms with Gasteiger partial charge in [-0.2, -0.15) is 0 Å². The van der Waals surface area contributed by atoms with E-state index in [-0.39, 0.29) is 0 Å². The summed E-state index contributed by atoms with van der Waals surface area (Å²) in [5.74, 6) is 2.31. The molecule has 0 bridgehead atoms. The van der Waals surface area contributed by atoms with Crippen molar-refractivity contribution in [1.82, 2.24) is 4.98 Å². The first-order valence-electron chi connectivity index (χ1n) is 15.3. The topological polar surface area (TPSA) is 31.8 Å². The van der Waals surface area contributed by atoms with Crippen LogP contribution in [0.15, 0.2) is 182 Å². The van der Waals surface area contributed by atoms with Gasteiger partial charge in [0.25, 0.3) is 0 Å². The Balaban J connectivity index is 1.28. The van der Waals surface area contributed by atoms with Gasteiger partial charge in [0.15, 0.2) is 11.5 Å². The number of anilines is 9. The number of rotatable bonds is 7. The lowest BCUT2D eigenvalue weighted by Crippen LogP contribution is -2.18. The summed E-state index contributed by atoms with van der Waals surface area (Å²) in [5.41, 5.74) is 8.09. The van der Waals surface area contributed by atoms with Gasteiger partial charge in [0.1, 0.15) is 5.82 Å². The third-order valence-corrected chi connectivity index (χ3v) is 8.04. The summed E-state index contributed by atoms with van der Waals surface area (Å²) in [6.07, 6.45) is 1.83. The molecular formula is C41H30N4O. The molecular weight excluding hydrogens is 564 g/mol. The second kappa shape index (κ2) is 12.0. The highest BCUT2D eigenvalue weighted by molar-refractivity contribution is 5.90. The zero-order valence-electron chi connectivity index (χ0n) is 25.0. The Morgan fingerprint density at radius 1 is 0.391 bits per heavy atom. The number of fused-ring (bicyclic) bond motifs is 2. The lowest BCUT2D eigenvalue weighted by Gasteiger charge is -2.34. The van der Waals surface area contributed by atoms with E-state index in [4.69, 9.17) is 9.72 Å². The van der Waals surface area contributed by atoms with E-state index in [9.17, 15) is 0 Å². The molecule has 0 N–H and O–H groups in total. The Morgan fingerprint density at radius 2 is 0.783 bits per heavy atom. The largest absolute Gasteiger partial charge is 0.453 e. The number of benzene rings is 6. The lowest BCUT2D eigenvalue weighted by molar-refractivity contribution is 0.477. The first-order valence-corrected chi connectivity index (χ1v) is 15.3. The van der Waals surface area contributed by atoms with Crippen LogP contribution in [0.1, 0.15) is 0 Å². The van der Waals surface area contributed by atoms with E-state index in [2.05, 4.69) is 148 Å². The van der Waals surface area contributed by atoms with E-state index >= 15 is 0 Å². The van der Waals surface area contributed by atoms with Gasteiger partial charge in [-0.3, -0.25) is 4.90 Å². The summed E-state index contributed by atoms with van der Waals surface area (Å²) in [6, 6.07) is 60.4. The summed E-state index contributed by atoms with van der Waals surface area (Å²) >= 11 is 0. The lowest BCUT2D eigenvalue weighted by atomic mass is 10.1. The minimum absolute atomic E-state index is 0.746. The van der Waals surface area contributed by atoms with E-state index in [1.165, 1.54) is 0 Å². The van der Waals surface area contributed by atoms with E-state index < -0.39 is 0 Å². The molecule has 0 radical (unpaired) electrons. The number of pyridine rings is 1. The molecule has 6 aromatic carbocycles. The molecule has 1 aliphatic heterocycles. The summed E-state index contributed by atoms with van der Waals surface area (Å²) in [4.78, 5) is 11.4. The minimum Gasteiger partial charge on any atom is -0.453 e. The maximum atomic E-state index is 6.83. The molecule has 1 aliphatic rings. The summed E-state index contributed by atoms with van der Waals surface area (Å²) in [7, 11) is 0. The van der Waals surface area contributed by atoms with E-state index in [1.54, 1.807) is 0 Å². The Morgan fingerprint density at radius 3 is 1.15 bits per heavy atom.